The summed E-state index contributed by atoms with van der Waals surface area (Å²) in [6.45, 7) is 6.05. The molecule has 6 nitrogen and oxygen atoms in total. The Balaban J connectivity index is 1.31. The van der Waals surface area contributed by atoms with E-state index < -0.39 is 0 Å². The minimum atomic E-state index is 0.0676. The molecule has 0 aliphatic carbocycles. The number of benzene rings is 2. The molecule has 1 N–H and O–H groups in total. The van der Waals surface area contributed by atoms with Gasteiger partial charge in [0.2, 0.25) is 5.91 Å². The van der Waals surface area contributed by atoms with E-state index in [1.165, 1.54) is 0 Å². The Hall–Kier alpha value is -2.88. The molecule has 0 atom stereocenters. The fourth-order valence-corrected chi connectivity index (χ4v) is 3.17. The number of piperazine rings is 1. The molecule has 6 heteroatoms. The minimum absolute atomic E-state index is 0.0676. The van der Waals surface area contributed by atoms with E-state index >= 15 is 0 Å². The van der Waals surface area contributed by atoms with Gasteiger partial charge in [-0.3, -0.25) is 14.6 Å². The summed E-state index contributed by atoms with van der Waals surface area (Å²) in [6, 6.07) is 19.3. The zero-order chi connectivity index (χ0) is 19.6. The summed E-state index contributed by atoms with van der Waals surface area (Å²) in [6.07, 6.45) is 0. The fourth-order valence-electron chi connectivity index (χ4n) is 3.17. The third kappa shape index (κ3) is 6.38. The van der Waals surface area contributed by atoms with Gasteiger partial charge in [0.1, 0.15) is 12.4 Å². The number of hydrogen-bond acceptors (Lipinski definition) is 5. The number of ether oxygens (including phenoxy) is 1. The summed E-state index contributed by atoms with van der Waals surface area (Å²) >= 11 is 0. The lowest BCUT2D eigenvalue weighted by molar-refractivity contribution is -0.122. The van der Waals surface area contributed by atoms with Gasteiger partial charge in [0.05, 0.1) is 18.2 Å². The molecule has 0 bridgehead atoms. The van der Waals surface area contributed by atoms with Gasteiger partial charge in [-0.25, -0.2) is 0 Å². The topological polar surface area (TPSA) is 68.6 Å². The van der Waals surface area contributed by atoms with Gasteiger partial charge in [-0.05, 0) is 23.8 Å². The van der Waals surface area contributed by atoms with Gasteiger partial charge in [0.25, 0.3) is 0 Å². The molecule has 2 aromatic rings. The molecule has 0 aromatic heterocycles. The van der Waals surface area contributed by atoms with Gasteiger partial charge in [-0.15, -0.1) is 0 Å². The zero-order valence-corrected chi connectivity index (χ0v) is 16.0. The Morgan fingerprint density at radius 2 is 1.79 bits per heavy atom. The number of nitrogens with zero attached hydrogens (tertiary/aromatic N) is 3. The van der Waals surface area contributed by atoms with E-state index in [1.807, 2.05) is 42.5 Å². The van der Waals surface area contributed by atoms with Crippen LogP contribution in [0.5, 0.6) is 5.75 Å². The van der Waals surface area contributed by atoms with Crippen LogP contribution in [0.1, 0.15) is 11.1 Å². The van der Waals surface area contributed by atoms with Crippen molar-refractivity contribution in [1.29, 1.82) is 5.26 Å². The smallest absolute Gasteiger partial charge is 0.234 e. The second kappa shape index (κ2) is 10.5. The Bertz CT molecular complexity index is 796. The Morgan fingerprint density at radius 1 is 1.04 bits per heavy atom. The summed E-state index contributed by atoms with van der Waals surface area (Å²) in [5, 5.41) is 11.9. The van der Waals surface area contributed by atoms with E-state index in [-0.39, 0.29) is 5.91 Å². The molecule has 0 radical (unpaired) electrons. The number of hydrogen-bond donors (Lipinski definition) is 1. The van der Waals surface area contributed by atoms with Gasteiger partial charge in [0, 0.05) is 39.3 Å². The van der Waals surface area contributed by atoms with Crippen LogP contribution in [0.2, 0.25) is 0 Å². The van der Waals surface area contributed by atoms with Crippen molar-refractivity contribution in [2.24, 2.45) is 0 Å². The third-order valence-electron chi connectivity index (χ3n) is 4.80. The molecule has 1 heterocycles. The van der Waals surface area contributed by atoms with Gasteiger partial charge in [-0.1, -0.05) is 36.4 Å². The Kier molecular flexibility index (Phi) is 7.42. The highest BCUT2D eigenvalue weighted by atomic mass is 16.5. The molecule has 1 saturated heterocycles. The van der Waals surface area contributed by atoms with Crippen LogP contribution in [0.25, 0.3) is 0 Å². The molecule has 0 spiro atoms. The van der Waals surface area contributed by atoms with Crippen molar-refractivity contribution in [3.05, 3.63) is 65.7 Å². The maximum atomic E-state index is 12.1. The van der Waals surface area contributed by atoms with E-state index in [4.69, 9.17) is 10.00 Å². The average molecular weight is 378 g/mol. The van der Waals surface area contributed by atoms with Crippen LogP contribution in [-0.4, -0.2) is 61.6 Å². The molecule has 1 amide bonds. The van der Waals surface area contributed by atoms with E-state index in [9.17, 15) is 4.79 Å². The van der Waals surface area contributed by atoms with Gasteiger partial charge in [0.15, 0.2) is 0 Å². The zero-order valence-electron chi connectivity index (χ0n) is 16.0. The van der Waals surface area contributed by atoms with Crippen molar-refractivity contribution in [3.8, 4) is 11.8 Å². The molecule has 0 saturated carbocycles. The van der Waals surface area contributed by atoms with Crippen LogP contribution in [-0.2, 0) is 11.3 Å². The van der Waals surface area contributed by atoms with Crippen molar-refractivity contribution >= 4 is 5.91 Å². The van der Waals surface area contributed by atoms with E-state index in [2.05, 4.69) is 21.2 Å². The third-order valence-corrected chi connectivity index (χ3v) is 4.80. The summed E-state index contributed by atoms with van der Waals surface area (Å²) < 4.78 is 5.75. The predicted octanol–water partition coefficient (Wildman–Crippen LogP) is 1.87. The van der Waals surface area contributed by atoms with Crippen molar-refractivity contribution in [2.45, 2.75) is 6.54 Å². The van der Waals surface area contributed by atoms with Crippen LogP contribution >= 0.6 is 0 Å². The van der Waals surface area contributed by atoms with E-state index in [0.717, 1.165) is 44.0 Å². The Labute approximate surface area is 166 Å². The quantitative estimate of drug-likeness (QED) is 0.760. The maximum absolute atomic E-state index is 12.1. The summed E-state index contributed by atoms with van der Waals surface area (Å²) in [5.41, 5.74) is 1.72. The van der Waals surface area contributed by atoms with Crippen molar-refractivity contribution in [2.75, 3.05) is 45.9 Å². The predicted molar refractivity (Wildman–Crippen MR) is 108 cm³/mol. The van der Waals surface area contributed by atoms with Crippen LogP contribution < -0.4 is 10.1 Å². The molecule has 1 aliphatic heterocycles. The summed E-state index contributed by atoms with van der Waals surface area (Å²) in [7, 11) is 0. The van der Waals surface area contributed by atoms with Crippen LogP contribution in [0.3, 0.4) is 0 Å². The molecule has 1 fully saturated rings. The van der Waals surface area contributed by atoms with Crippen LogP contribution in [0.4, 0.5) is 0 Å². The average Bonchev–Trinajstić information content (AvgIpc) is 2.74. The first-order chi connectivity index (χ1) is 13.7. The molecule has 146 valence electrons. The van der Waals surface area contributed by atoms with Gasteiger partial charge >= 0.3 is 0 Å². The molecule has 2 aromatic carbocycles. The lowest BCUT2D eigenvalue weighted by Gasteiger charge is -2.34. The van der Waals surface area contributed by atoms with Crippen molar-refractivity contribution in [3.63, 3.8) is 0 Å². The normalized spacial score (nSPS) is 15.0. The molecule has 3 rings (SSSR count). The second-order valence-corrected chi connectivity index (χ2v) is 6.87. The maximum Gasteiger partial charge on any atom is 0.234 e. The monoisotopic (exact) mass is 378 g/mol. The molecule has 1 aliphatic rings. The highest BCUT2D eigenvalue weighted by Crippen LogP contribution is 2.12. The van der Waals surface area contributed by atoms with Gasteiger partial charge in [-0.2, -0.15) is 5.26 Å². The lowest BCUT2D eigenvalue weighted by Crippen LogP contribution is -2.50. The summed E-state index contributed by atoms with van der Waals surface area (Å²) in [4.78, 5) is 16.7. The number of nitrogens with one attached hydrogen (secondary N) is 1. The van der Waals surface area contributed by atoms with E-state index in [0.29, 0.717) is 25.3 Å². The van der Waals surface area contributed by atoms with Crippen molar-refractivity contribution < 1.29 is 9.53 Å². The largest absolute Gasteiger partial charge is 0.492 e. The first kappa shape index (κ1) is 19.9. The minimum Gasteiger partial charge on any atom is -0.492 e. The fraction of sp³-hybridized carbons (Fsp3) is 0.364. The number of rotatable bonds is 8. The van der Waals surface area contributed by atoms with Gasteiger partial charge < -0.3 is 10.1 Å². The van der Waals surface area contributed by atoms with E-state index in [1.54, 1.807) is 12.1 Å². The van der Waals surface area contributed by atoms with Crippen LogP contribution in [0, 0.1) is 11.3 Å². The highest BCUT2D eigenvalue weighted by Gasteiger charge is 2.18. The van der Waals surface area contributed by atoms with Crippen LogP contribution in [0.15, 0.2) is 54.6 Å². The first-order valence-electron chi connectivity index (χ1n) is 9.61. The number of carbonyl (C=O) groups excluding carboxylic acids is 1. The molecule has 0 unspecified atom stereocenters. The van der Waals surface area contributed by atoms with Crippen molar-refractivity contribution in [1.82, 2.24) is 15.1 Å². The number of carbonyl (C=O) groups is 1. The standard InChI is InChI=1S/C22H26N4O2/c23-16-20-7-4-8-21(15-20)28-14-13-25-9-11-26(12-10-25)18-22(27)24-17-19-5-2-1-3-6-19/h1-8,15H,9-14,17-18H2,(H,24,27). The molecular weight excluding hydrogens is 352 g/mol. The molecular formula is C22H26N4O2. The first-order valence-corrected chi connectivity index (χ1v) is 9.61. The number of nitriles is 1. The second-order valence-electron chi connectivity index (χ2n) is 6.87. The number of amides is 1. The highest BCUT2D eigenvalue weighted by molar-refractivity contribution is 5.78. The summed E-state index contributed by atoms with van der Waals surface area (Å²) in [5.74, 6) is 0.797. The Morgan fingerprint density at radius 3 is 2.54 bits per heavy atom. The molecule has 28 heavy (non-hydrogen) atoms. The lowest BCUT2D eigenvalue weighted by atomic mass is 10.2. The SMILES string of the molecule is N#Cc1cccc(OCCN2CCN(CC(=O)NCc3ccccc3)CC2)c1.